The predicted octanol–water partition coefficient (Wildman–Crippen LogP) is 2.70. The van der Waals surface area contributed by atoms with Crippen LogP contribution in [0.5, 0.6) is 0 Å². The van der Waals surface area contributed by atoms with Gasteiger partial charge in [-0.2, -0.15) is 0 Å². The Morgan fingerprint density at radius 1 is 0.957 bits per heavy atom. The molecule has 1 aliphatic heterocycles. The highest BCUT2D eigenvalue weighted by atomic mass is 16.5. The van der Waals surface area contributed by atoms with E-state index in [0.29, 0.717) is 12.1 Å². The summed E-state index contributed by atoms with van der Waals surface area (Å²) in [7, 11) is 0. The first-order chi connectivity index (χ1) is 11.4. The molecule has 3 heterocycles. The monoisotopic (exact) mass is 311 g/mol. The maximum atomic E-state index is 5.25. The third-order valence-corrected chi connectivity index (χ3v) is 4.45. The molecule has 0 amide bonds. The molecule has 0 aromatic carbocycles. The van der Waals surface area contributed by atoms with Crippen LogP contribution in [-0.2, 0) is 4.74 Å². The molecule has 0 atom stereocenters. The Labute approximate surface area is 135 Å². The molecular formula is C17H21N5O. The van der Waals surface area contributed by atoms with Gasteiger partial charge >= 0.3 is 0 Å². The van der Waals surface area contributed by atoms with Gasteiger partial charge in [-0.05, 0) is 25.0 Å². The first-order valence-corrected chi connectivity index (χ1v) is 8.26. The van der Waals surface area contributed by atoms with E-state index in [1.807, 2.05) is 6.07 Å². The number of pyridine rings is 1. The molecule has 1 saturated heterocycles. The highest BCUT2D eigenvalue weighted by Crippen LogP contribution is 2.29. The van der Waals surface area contributed by atoms with E-state index in [1.54, 1.807) is 12.4 Å². The van der Waals surface area contributed by atoms with Gasteiger partial charge in [0.15, 0.2) is 0 Å². The molecule has 1 saturated carbocycles. The summed E-state index contributed by atoms with van der Waals surface area (Å²) in [6, 6.07) is 5.00. The quantitative estimate of drug-likeness (QED) is 0.884. The molecule has 2 fully saturated rings. The molecule has 2 N–H and O–H groups in total. The minimum absolute atomic E-state index is 0.381. The molecule has 120 valence electrons. The summed E-state index contributed by atoms with van der Waals surface area (Å²) >= 11 is 0. The summed E-state index contributed by atoms with van der Waals surface area (Å²) in [5.41, 5.74) is 2.87. The number of hydrogen-bond acceptors (Lipinski definition) is 6. The molecule has 0 spiro atoms. The van der Waals surface area contributed by atoms with Gasteiger partial charge in [-0.3, -0.25) is 0 Å². The second kappa shape index (κ2) is 6.50. The first kappa shape index (κ1) is 14.4. The lowest BCUT2D eigenvalue weighted by Crippen LogP contribution is -2.40. The molecule has 23 heavy (non-hydrogen) atoms. The zero-order valence-electron chi connectivity index (χ0n) is 13.0. The fourth-order valence-corrected chi connectivity index (χ4v) is 3.08. The molecule has 6 heteroatoms. The van der Waals surface area contributed by atoms with Crippen LogP contribution in [0.25, 0.3) is 11.3 Å². The zero-order chi connectivity index (χ0) is 15.5. The van der Waals surface area contributed by atoms with E-state index >= 15 is 0 Å². The summed E-state index contributed by atoms with van der Waals surface area (Å²) in [5.74, 6) is 0.921. The second-order valence-electron chi connectivity index (χ2n) is 6.22. The van der Waals surface area contributed by atoms with Crippen LogP contribution in [0.2, 0.25) is 0 Å². The summed E-state index contributed by atoms with van der Waals surface area (Å²) in [6.45, 7) is 1.52. The summed E-state index contributed by atoms with van der Waals surface area (Å²) < 4.78 is 5.25. The van der Waals surface area contributed by atoms with Crippen molar-refractivity contribution in [2.75, 3.05) is 23.8 Å². The lowest BCUT2D eigenvalue weighted by atomic mass is 10.2. The first-order valence-electron chi connectivity index (χ1n) is 8.26. The maximum Gasteiger partial charge on any atom is 0.150 e. The van der Waals surface area contributed by atoms with Crippen LogP contribution in [-0.4, -0.2) is 40.2 Å². The van der Waals surface area contributed by atoms with Crippen molar-refractivity contribution in [1.29, 1.82) is 0 Å². The van der Waals surface area contributed by atoms with Gasteiger partial charge in [0.1, 0.15) is 12.1 Å². The van der Waals surface area contributed by atoms with Crippen molar-refractivity contribution in [3.8, 4) is 11.3 Å². The van der Waals surface area contributed by atoms with E-state index in [1.165, 1.54) is 32.0 Å². The SMILES string of the molecule is c1ncc(-c2ccc(NC3COC3)c(NC3CCCC3)n2)cn1. The van der Waals surface area contributed by atoms with Gasteiger partial charge < -0.3 is 15.4 Å². The molecule has 0 bridgehead atoms. The number of hydrogen-bond donors (Lipinski definition) is 2. The summed E-state index contributed by atoms with van der Waals surface area (Å²) in [6.07, 6.45) is 10.1. The van der Waals surface area contributed by atoms with Gasteiger partial charge in [0.25, 0.3) is 0 Å². The molecule has 0 unspecified atom stereocenters. The highest BCUT2D eigenvalue weighted by molar-refractivity contribution is 5.71. The van der Waals surface area contributed by atoms with Crippen LogP contribution in [0.15, 0.2) is 30.9 Å². The third-order valence-electron chi connectivity index (χ3n) is 4.45. The normalized spacial score (nSPS) is 18.6. The van der Waals surface area contributed by atoms with Gasteiger partial charge in [0.2, 0.25) is 0 Å². The fourth-order valence-electron chi connectivity index (χ4n) is 3.08. The lowest BCUT2D eigenvalue weighted by molar-refractivity contribution is 0.0211. The molecular weight excluding hydrogens is 290 g/mol. The maximum absolute atomic E-state index is 5.25. The van der Waals surface area contributed by atoms with Crippen LogP contribution < -0.4 is 10.6 Å². The van der Waals surface area contributed by atoms with E-state index in [-0.39, 0.29) is 0 Å². The van der Waals surface area contributed by atoms with Gasteiger partial charge in [-0.15, -0.1) is 0 Å². The van der Waals surface area contributed by atoms with E-state index in [0.717, 1.165) is 36.0 Å². The number of rotatable bonds is 5. The van der Waals surface area contributed by atoms with Crippen LogP contribution >= 0.6 is 0 Å². The van der Waals surface area contributed by atoms with E-state index < -0.39 is 0 Å². The van der Waals surface area contributed by atoms with Crippen molar-refractivity contribution in [1.82, 2.24) is 15.0 Å². The van der Waals surface area contributed by atoms with Crippen molar-refractivity contribution >= 4 is 11.5 Å². The number of aromatic nitrogens is 3. The average Bonchev–Trinajstić information content (AvgIpc) is 3.06. The Balaban J connectivity index is 1.62. The number of nitrogens with one attached hydrogen (secondary N) is 2. The molecule has 2 aromatic heterocycles. The summed E-state index contributed by atoms with van der Waals surface area (Å²) in [4.78, 5) is 13.0. The van der Waals surface area contributed by atoms with Crippen LogP contribution in [0.3, 0.4) is 0 Å². The van der Waals surface area contributed by atoms with Crippen molar-refractivity contribution in [2.24, 2.45) is 0 Å². The largest absolute Gasteiger partial charge is 0.377 e. The molecule has 2 aliphatic rings. The predicted molar refractivity (Wildman–Crippen MR) is 89.4 cm³/mol. The van der Waals surface area contributed by atoms with Crippen LogP contribution in [0.1, 0.15) is 25.7 Å². The Morgan fingerprint density at radius 2 is 1.74 bits per heavy atom. The summed E-state index contributed by atoms with van der Waals surface area (Å²) in [5, 5.41) is 7.14. The minimum atomic E-state index is 0.381. The van der Waals surface area contributed by atoms with Crippen LogP contribution in [0.4, 0.5) is 11.5 Å². The smallest absolute Gasteiger partial charge is 0.150 e. The van der Waals surface area contributed by atoms with E-state index in [2.05, 4.69) is 26.7 Å². The Hall–Kier alpha value is -2.21. The van der Waals surface area contributed by atoms with Gasteiger partial charge in [0, 0.05) is 24.0 Å². The standard InChI is InChI=1S/C17H21N5O/c1-2-4-13(3-1)21-17-16(20-14-9-23-10-14)6-5-15(22-17)12-7-18-11-19-8-12/h5-8,11,13-14,20H,1-4,9-10H2,(H,21,22). The highest BCUT2D eigenvalue weighted by Gasteiger charge is 2.22. The van der Waals surface area contributed by atoms with Crippen molar-refractivity contribution < 1.29 is 4.74 Å². The van der Waals surface area contributed by atoms with Crippen molar-refractivity contribution in [2.45, 2.75) is 37.8 Å². The van der Waals surface area contributed by atoms with Gasteiger partial charge in [0.05, 0.1) is 30.6 Å². The van der Waals surface area contributed by atoms with Gasteiger partial charge in [-0.25, -0.2) is 15.0 Å². The average molecular weight is 311 g/mol. The number of ether oxygens (including phenoxy) is 1. The Bertz CT molecular complexity index is 653. The van der Waals surface area contributed by atoms with E-state index in [4.69, 9.17) is 9.72 Å². The minimum Gasteiger partial charge on any atom is -0.377 e. The zero-order valence-corrected chi connectivity index (χ0v) is 13.0. The molecule has 6 nitrogen and oxygen atoms in total. The third kappa shape index (κ3) is 3.27. The Kier molecular flexibility index (Phi) is 4.06. The van der Waals surface area contributed by atoms with Gasteiger partial charge in [-0.1, -0.05) is 12.8 Å². The molecule has 1 aliphatic carbocycles. The van der Waals surface area contributed by atoms with E-state index in [9.17, 15) is 0 Å². The lowest BCUT2D eigenvalue weighted by Gasteiger charge is -2.29. The molecule has 2 aromatic rings. The fraction of sp³-hybridized carbons (Fsp3) is 0.471. The second-order valence-corrected chi connectivity index (χ2v) is 6.22. The van der Waals surface area contributed by atoms with Crippen molar-refractivity contribution in [3.05, 3.63) is 30.9 Å². The topological polar surface area (TPSA) is 72.0 Å². The van der Waals surface area contributed by atoms with Crippen LogP contribution in [0, 0.1) is 0 Å². The number of nitrogens with zero attached hydrogens (tertiary/aromatic N) is 3. The molecule has 0 radical (unpaired) electrons. The molecule has 4 rings (SSSR count). The Morgan fingerprint density at radius 3 is 2.43 bits per heavy atom. The number of anilines is 2. The van der Waals surface area contributed by atoms with Crippen molar-refractivity contribution in [3.63, 3.8) is 0 Å².